The van der Waals surface area contributed by atoms with E-state index in [1.165, 1.54) is 6.07 Å². The van der Waals surface area contributed by atoms with Gasteiger partial charge in [-0.05, 0) is 47.5 Å². The molecule has 0 saturated carbocycles. The number of phenolic OH excluding ortho intramolecular Hbond substituents is 2. The van der Waals surface area contributed by atoms with Crippen LogP contribution in [0.15, 0.2) is 47.6 Å². The van der Waals surface area contributed by atoms with Crippen LogP contribution in [-0.4, -0.2) is 22.2 Å². The fourth-order valence-electron chi connectivity index (χ4n) is 2.32. The van der Waals surface area contributed by atoms with Crippen molar-refractivity contribution in [2.24, 2.45) is 4.99 Å². The van der Waals surface area contributed by atoms with Crippen molar-refractivity contribution in [1.82, 2.24) is 0 Å². The molecule has 0 unspecified atom stereocenters. The second-order valence-electron chi connectivity index (χ2n) is 4.85. The fourth-order valence-corrected chi connectivity index (χ4v) is 2.32. The quantitative estimate of drug-likeness (QED) is 0.779. The maximum atomic E-state index is 12.5. The van der Waals surface area contributed by atoms with Crippen LogP contribution in [0.25, 0.3) is 6.08 Å². The van der Waals surface area contributed by atoms with E-state index in [0.29, 0.717) is 11.1 Å². The number of carbonyl (C=O) groups is 1. The Morgan fingerprint density at radius 3 is 2.48 bits per heavy atom. The monoisotopic (exact) mass is 279 g/mol. The minimum Gasteiger partial charge on any atom is -0.508 e. The van der Waals surface area contributed by atoms with E-state index in [9.17, 15) is 15.0 Å². The molecular weight excluding hydrogens is 266 g/mol. The molecule has 0 atom stereocenters. The molecule has 0 bridgehead atoms. The molecule has 3 rings (SSSR count). The summed E-state index contributed by atoms with van der Waals surface area (Å²) in [7, 11) is 0. The van der Waals surface area contributed by atoms with Gasteiger partial charge in [0.1, 0.15) is 11.5 Å². The zero-order chi connectivity index (χ0) is 14.8. The van der Waals surface area contributed by atoms with Crippen molar-refractivity contribution in [1.29, 1.82) is 0 Å². The van der Waals surface area contributed by atoms with E-state index in [1.54, 1.807) is 48.8 Å². The standard InChI is InChI=1S/C17H13NO3/c19-14-2-1-11-9-17(21)16-4-3-15(20)7-12(16)5-6-18-10-13(11)8-14/h1-8,10,19-20H,9H2/b6-5-,18-10+. The molecule has 0 spiro atoms. The lowest BCUT2D eigenvalue weighted by atomic mass is 9.95. The molecule has 1 aliphatic heterocycles. The first-order valence-electron chi connectivity index (χ1n) is 6.51. The molecule has 104 valence electrons. The zero-order valence-corrected chi connectivity index (χ0v) is 11.2. The number of benzene rings is 2. The predicted octanol–water partition coefficient (Wildman–Crippen LogP) is 2.93. The Hall–Kier alpha value is -2.88. The SMILES string of the molecule is O=C1Cc2ccc(O)cc2/C=N/C=C\c2cc(O)ccc21. The Bertz CT molecular complexity index is 776. The third-order valence-electron chi connectivity index (χ3n) is 3.37. The summed E-state index contributed by atoms with van der Waals surface area (Å²) in [6, 6.07) is 9.51. The Morgan fingerprint density at radius 2 is 1.67 bits per heavy atom. The predicted molar refractivity (Wildman–Crippen MR) is 80.9 cm³/mol. The topological polar surface area (TPSA) is 69.9 Å². The van der Waals surface area contributed by atoms with Gasteiger partial charge in [0.05, 0.1) is 0 Å². The lowest BCUT2D eigenvalue weighted by Gasteiger charge is -2.10. The molecule has 0 aliphatic carbocycles. The summed E-state index contributed by atoms with van der Waals surface area (Å²) in [5.74, 6) is 0.202. The summed E-state index contributed by atoms with van der Waals surface area (Å²) in [6.45, 7) is 0. The lowest BCUT2D eigenvalue weighted by molar-refractivity contribution is 0.0992. The molecule has 21 heavy (non-hydrogen) atoms. The highest BCUT2D eigenvalue weighted by Crippen LogP contribution is 2.23. The number of Topliss-reactive ketones (excluding diaryl/α,β-unsaturated/α-hetero) is 1. The van der Waals surface area contributed by atoms with E-state index in [1.807, 2.05) is 0 Å². The summed E-state index contributed by atoms with van der Waals surface area (Å²) < 4.78 is 0. The van der Waals surface area contributed by atoms with Gasteiger partial charge in [0.15, 0.2) is 5.78 Å². The number of hydrogen-bond acceptors (Lipinski definition) is 4. The van der Waals surface area contributed by atoms with Crippen molar-refractivity contribution < 1.29 is 15.0 Å². The molecule has 0 radical (unpaired) electrons. The van der Waals surface area contributed by atoms with Gasteiger partial charge in [0, 0.05) is 30.0 Å². The van der Waals surface area contributed by atoms with Crippen LogP contribution in [-0.2, 0) is 6.42 Å². The summed E-state index contributed by atoms with van der Waals surface area (Å²) in [5, 5.41) is 19.1. The van der Waals surface area contributed by atoms with Crippen molar-refractivity contribution in [2.75, 3.05) is 0 Å². The third-order valence-corrected chi connectivity index (χ3v) is 3.37. The maximum absolute atomic E-state index is 12.5. The van der Waals surface area contributed by atoms with Crippen LogP contribution in [0.4, 0.5) is 0 Å². The number of nitrogens with zero attached hydrogens (tertiary/aromatic N) is 1. The highest BCUT2D eigenvalue weighted by Gasteiger charge is 2.14. The number of phenols is 2. The van der Waals surface area contributed by atoms with E-state index in [0.717, 1.165) is 11.1 Å². The molecule has 1 heterocycles. The minimum absolute atomic E-state index is 0.0445. The molecule has 0 fully saturated rings. The number of rotatable bonds is 0. The Labute approximate surface area is 121 Å². The molecule has 0 amide bonds. The molecule has 2 aromatic rings. The van der Waals surface area contributed by atoms with E-state index < -0.39 is 0 Å². The first-order valence-corrected chi connectivity index (χ1v) is 6.51. The number of aliphatic imine (C=N–C) groups is 1. The number of hydrogen-bond donors (Lipinski definition) is 2. The Balaban J connectivity index is 2.13. The normalized spacial score (nSPS) is 16.7. The van der Waals surface area contributed by atoms with E-state index in [-0.39, 0.29) is 23.7 Å². The van der Waals surface area contributed by atoms with Crippen molar-refractivity contribution >= 4 is 18.1 Å². The summed E-state index contributed by atoms with van der Waals surface area (Å²) in [6.07, 6.45) is 5.06. The molecule has 1 aliphatic rings. The first kappa shape index (κ1) is 13.1. The van der Waals surface area contributed by atoms with Crippen LogP contribution in [0.1, 0.15) is 27.0 Å². The van der Waals surface area contributed by atoms with Crippen LogP contribution in [0, 0.1) is 0 Å². The molecule has 0 saturated heterocycles. The van der Waals surface area contributed by atoms with Gasteiger partial charge < -0.3 is 10.2 Å². The van der Waals surface area contributed by atoms with E-state index in [4.69, 9.17) is 0 Å². The molecule has 0 aromatic heterocycles. The highest BCUT2D eigenvalue weighted by molar-refractivity contribution is 6.02. The van der Waals surface area contributed by atoms with Crippen LogP contribution in [0.2, 0.25) is 0 Å². The minimum atomic E-state index is -0.0445. The third kappa shape index (κ3) is 2.69. The average Bonchev–Trinajstić information content (AvgIpc) is 2.45. The van der Waals surface area contributed by atoms with Gasteiger partial charge in [-0.3, -0.25) is 9.79 Å². The zero-order valence-electron chi connectivity index (χ0n) is 11.2. The molecule has 2 N–H and O–H groups in total. The second-order valence-corrected chi connectivity index (χ2v) is 4.85. The maximum Gasteiger partial charge on any atom is 0.167 e. The largest absolute Gasteiger partial charge is 0.508 e. The first-order chi connectivity index (χ1) is 10.1. The van der Waals surface area contributed by atoms with Gasteiger partial charge in [0.25, 0.3) is 0 Å². The van der Waals surface area contributed by atoms with Gasteiger partial charge in [-0.25, -0.2) is 0 Å². The molecule has 2 aromatic carbocycles. The van der Waals surface area contributed by atoms with Gasteiger partial charge >= 0.3 is 0 Å². The van der Waals surface area contributed by atoms with E-state index in [2.05, 4.69) is 4.99 Å². The fraction of sp³-hybridized carbons (Fsp3) is 0.0588. The van der Waals surface area contributed by atoms with Gasteiger partial charge in [0.2, 0.25) is 0 Å². The lowest BCUT2D eigenvalue weighted by Crippen LogP contribution is -2.08. The highest BCUT2D eigenvalue weighted by atomic mass is 16.3. The second kappa shape index (κ2) is 5.25. The van der Waals surface area contributed by atoms with Crippen molar-refractivity contribution in [3.05, 3.63) is 64.9 Å². The van der Waals surface area contributed by atoms with Crippen molar-refractivity contribution in [3.8, 4) is 11.5 Å². The van der Waals surface area contributed by atoms with Crippen molar-refractivity contribution in [2.45, 2.75) is 6.42 Å². The number of ketones is 1. The molecule has 4 nitrogen and oxygen atoms in total. The van der Waals surface area contributed by atoms with Gasteiger partial charge in [-0.15, -0.1) is 0 Å². The number of carbonyl (C=O) groups excluding carboxylic acids is 1. The van der Waals surface area contributed by atoms with Crippen LogP contribution in [0.5, 0.6) is 11.5 Å². The average molecular weight is 279 g/mol. The van der Waals surface area contributed by atoms with Gasteiger partial charge in [-0.1, -0.05) is 6.07 Å². The van der Waals surface area contributed by atoms with Crippen LogP contribution in [0.3, 0.4) is 0 Å². The summed E-state index contributed by atoms with van der Waals surface area (Å²) in [5.41, 5.74) is 2.70. The van der Waals surface area contributed by atoms with E-state index >= 15 is 0 Å². The van der Waals surface area contributed by atoms with Gasteiger partial charge in [-0.2, -0.15) is 0 Å². The smallest absolute Gasteiger partial charge is 0.167 e. The Kier molecular flexibility index (Phi) is 3.28. The van der Waals surface area contributed by atoms with Crippen LogP contribution >= 0.6 is 0 Å². The number of aromatic hydroxyl groups is 2. The number of fused-ring (bicyclic) bond motifs is 2. The Morgan fingerprint density at radius 1 is 0.952 bits per heavy atom. The molecular formula is C17H13NO3. The van der Waals surface area contributed by atoms with Crippen molar-refractivity contribution in [3.63, 3.8) is 0 Å². The van der Waals surface area contributed by atoms with Crippen LogP contribution < -0.4 is 0 Å². The summed E-state index contributed by atoms with van der Waals surface area (Å²) in [4.78, 5) is 16.6. The summed E-state index contributed by atoms with van der Waals surface area (Å²) >= 11 is 0. The molecule has 4 heteroatoms.